The summed E-state index contributed by atoms with van der Waals surface area (Å²) in [6, 6.07) is 7.10. The highest BCUT2D eigenvalue weighted by Crippen LogP contribution is 2.28. The Kier molecular flexibility index (Phi) is 2.91. The Morgan fingerprint density at radius 3 is 2.71 bits per heavy atom. The van der Waals surface area contributed by atoms with Crippen molar-refractivity contribution in [2.45, 2.75) is 20.3 Å². The first kappa shape index (κ1) is 11.3. The summed E-state index contributed by atoms with van der Waals surface area (Å²) in [4.78, 5) is 22.8. The lowest BCUT2D eigenvalue weighted by atomic mass is 10.2. The minimum Gasteiger partial charge on any atom is -0.324 e. The molecule has 0 atom stereocenters. The van der Waals surface area contributed by atoms with Gasteiger partial charge in [-0.2, -0.15) is 10.1 Å². The predicted molar refractivity (Wildman–Crippen MR) is 66.0 cm³/mol. The van der Waals surface area contributed by atoms with Gasteiger partial charge in [0.05, 0.1) is 17.8 Å². The number of para-hydroxylation sites is 2. The lowest BCUT2D eigenvalue weighted by Gasteiger charge is -2.16. The van der Waals surface area contributed by atoms with Gasteiger partial charge in [0.2, 0.25) is 5.91 Å². The maximum atomic E-state index is 11.7. The van der Waals surface area contributed by atoms with Gasteiger partial charge in [-0.25, -0.2) is 0 Å². The lowest BCUT2D eigenvalue weighted by Crippen LogP contribution is -2.21. The van der Waals surface area contributed by atoms with Crippen LogP contribution in [0.2, 0.25) is 0 Å². The maximum Gasteiger partial charge on any atom is 0.253 e. The van der Waals surface area contributed by atoms with Crippen LogP contribution < -0.4 is 10.3 Å². The molecule has 0 aromatic heterocycles. The topological polar surface area (TPSA) is 61.8 Å². The molecule has 17 heavy (non-hydrogen) atoms. The first-order valence-corrected chi connectivity index (χ1v) is 5.31. The fourth-order valence-electron chi connectivity index (χ4n) is 1.70. The van der Waals surface area contributed by atoms with Crippen molar-refractivity contribution in [3.8, 4) is 0 Å². The van der Waals surface area contributed by atoms with E-state index in [4.69, 9.17) is 0 Å². The number of benzene rings is 1. The molecule has 5 nitrogen and oxygen atoms in total. The normalized spacial score (nSPS) is 14.8. The summed E-state index contributed by atoms with van der Waals surface area (Å²) in [5.41, 5.74) is 1.96. The first-order chi connectivity index (χ1) is 8.08. The van der Waals surface area contributed by atoms with Crippen LogP contribution in [0.1, 0.15) is 20.3 Å². The van der Waals surface area contributed by atoms with Gasteiger partial charge in [0.15, 0.2) is 0 Å². The summed E-state index contributed by atoms with van der Waals surface area (Å²) in [6.07, 6.45) is 0.328. The molecule has 1 aliphatic heterocycles. The van der Waals surface area contributed by atoms with Crippen molar-refractivity contribution < 1.29 is 9.59 Å². The SMILES string of the molecule is CC(=O)Nc1ccccc1N1N=C(C)CC1=O. The third kappa shape index (κ3) is 2.33. The van der Waals surface area contributed by atoms with Crippen molar-refractivity contribution in [2.75, 3.05) is 10.3 Å². The van der Waals surface area contributed by atoms with E-state index in [0.29, 0.717) is 17.8 Å². The quantitative estimate of drug-likeness (QED) is 0.843. The van der Waals surface area contributed by atoms with Gasteiger partial charge < -0.3 is 5.32 Å². The second kappa shape index (κ2) is 4.37. The van der Waals surface area contributed by atoms with Gasteiger partial charge in [0.1, 0.15) is 0 Å². The molecule has 5 heteroatoms. The second-order valence-corrected chi connectivity index (χ2v) is 3.92. The smallest absolute Gasteiger partial charge is 0.253 e. The molecular formula is C12H13N3O2. The Morgan fingerprint density at radius 1 is 1.41 bits per heavy atom. The van der Waals surface area contributed by atoms with E-state index in [1.54, 1.807) is 31.2 Å². The number of carbonyl (C=O) groups excluding carboxylic acids is 2. The van der Waals surface area contributed by atoms with Crippen LogP contribution in [0.3, 0.4) is 0 Å². The van der Waals surface area contributed by atoms with Gasteiger partial charge in [-0.05, 0) is 19.1 Å². The van der Waals surface area contributed by atoms with E-state index in [1.807, 2.05) is 0 Å². The zero-order valence-corrected chi connectivity index (χ0v) is 9.73. The number of carbonyl (C=O) groups is 2. The van der Waals surface area contributed by atoms with Gasteiger partial charge in [0, 0.05) is 12.6 Å². The standard InChI is InChI=1S/C12H13N3O2/c1-8-7-12(17)15(14-8)11-6-4-3-5-10(11)13-9(2)16/h3-6H,7H2,1-2H3,(H,13,16). The third-order valence-electron chi connectivity index (χ3n) is 2.36. The van der Waals surface area contributed by atoms with Gasteiger partial charge in [-0.15, -0.1) is 0 Å². The summed E-state index contributed by atoms with van der Waals surface area (Å²) < 4.78 is 0. The Morgan fingerprint density at radius 2 is 2.12 bits per heavy atom. The van der Waals surface area contributed by atoms with Crippen LogP contribution in [0, 0.1) is 0 Å². The van der Waals surface area contributed by atoms with Gasteiger partial charge in [-0.1, -0.05) is 12.1 Å². The largest absolute Gasteiger partial charge is 0.324 e. The van der Waals surface area contributed by atoms with E-state index >= 15 is 0 Å². The Labute approximate surface area is 99.1 Å². The molecule has 2 rings (SSSR count). The summed E-state index contributed by atoms with van der Waals surface area (Å²) in [6.45, 7) is 3.23. The molecule has 0 spiro atoms. The Hall–Kier alpha value is -2.17. The number of anilines is 2. The van der Waals surface area contributed by atoms with E-state index in [0.717, 1.165) is 5.71 Å². The zero-order valence-electron chi connectivity index (χ0n) is 9.73. The summed E-state index contributed by atoms with van der Waals surface area (Å²) in [5, 5.41) is 8.17. The van der Waals surface area contributed by atoms with Gasteiger partial charge in [0.25, 0.3) is 5.91 Å². The highest BCUT2D eigenvalue weighted by molar-refractivity contribution is 6.13. The minimum absolute atomic E-state index is 0.0831. The third-order valence-corrected chi connectivity index (χ3v) is 2.36. The van der Waals surface area contributed by atoms with Crippen LogP contribution in [0.5, 0.6) is 0 Å². The maximum absolute atomic E-state index is 11.7. The van der Waals surface area contributed by atoms with Crippen molar-refractivity contribution in [1.82, 2.24) is 0 Å². The average molecular weight is 231 g/mol. The second-order valence-electron chi connectivity index (χ2n) is 3.92. The van der Waals surface area contributed by atoms with E-state index in [1.165, 1.54) is 11.9 Å². The van der Waals surface area contributed by atoms with Crippen molar-refractivity contribution >= 4 is 28.9 Å². The molecule has 0 unspecified atom stereocenters. The number of hydrogen-bond donors (Lipinski definition) is 1. The number of amides is 2. The fraction of sp³-hybridized carbons (Fsp3) is 0.250. The van der Waals surface area contributed by atoms with Crippen LogP contribution in [0.15, 0.2) is 29.4 Å². The number of nitrogens with one attached hydrogen (secondary N) is 1. The summed E-state index contributed by atoms with van der Waals surface area (Å²) in [7, 11) is 0. The van der Waals surface area contributed by atoms with Gasteiger partial charge in [-0.3, -0.25) is 9.59 Å². The molecule has 2 amide bonds. The zero-order chi connectivity index (χ0) is 12.4. The molecule has 1 N–H and O–H groups in total. The molecule has 0 saturated heterocycles. The van der Waals surface area contributed by atoms with Gasteiger partial charge >= 0.3 is 0 Å². The number of rotatable bonds is 2. The molecule has 0 bridgehead atoms. The van der Waals surface area contributed by atoms with Crippen molar-refractivity contribution in [3.05, 3.63) is 24.3 Å². The fourth-order valence-corrected chi connectivity index (χ4v) is 1.70. The predicted octanol–water partition coefficient (Wildman–Crippen LogP) is 1.76. The molecule has 0 radical (unpaired) electrons. The molecule has 0 aliphatic carbocycles. The molecule has 1 aliphatic rings. The highest BCUT2D eigenvalue weighted by atomic mass is 16.2. The Bertz CT molecular complexity index is 508. The van der Waals surface area contributed by atoms with Crippen LogP contribution in [0.4, 0.5) is 11.4 Å². The van der Waals surface area contributed by atoms with E-state index in [-0.39, 0.29) is 11.8 Å². The van der Waals surface area contributed by atoms with E-state index in [9.17, 15) is 9.59 Å². The van der Waals surface area contributed by atoms with Crippen molar-refractivity contribution in [2.24, 2.45) is 5.10 Å². The Balaban J connectivity index is 2.38. The van der Waals surface area contributed by atoms with E-state index in [2.05, 4.69) is 10.4 Å². The van der Waals surface area contributed by atoms with Crippen molar-refractivity contribution in [1.29, 1.82) is 0 Å². The molecule has 0 fully saturated rings. The molecular weight excluding hydrogens is 218 g/mol. The molecule has 1 aromatic rings. The highest BCUT2D eigenvalue weighted by Gasteiger charge is 2.24. The monoisotopic (exact) mass is 231 g/mol. The summed E-state index contributed by atoms with van der Waals surface area (Å²) >= 11 is 0. The number of hydrogen-bond acceptors (Lipinski definition) is 3. The molecule has 1 heterocycles. The van der Waals surface area contributed by atoms with Crippen LogP contribution in [-0.4, -0.2) is 17.5 Å². The number of nitrogens with zero attached hydrogens (tertiary/aromatic N) is 2. The van der Waals surface area contributed by atoms with Crippen LogP contribution in [-0.2, 0) is 9.59 Å². The molecule has 88 valence electrons. The number of hydrazone groups is 1. The molecule has 0 saturated carbocycles. The van der Waals surface area contributed by atoms with E-state index < -0.39 is 0 Å². The summed E-state index contributed by atoms with van der Waals surface area (Å²) in [5.74, 6) is -0.259. The van der Waals surface area contributed by atoms with Crippen molar-refractivity contribution in [3.63, 3.8) is 0 Å². The average Bonchev–Trinajstić information content (AvgIpc) is 2.58. The lowest BCUT2D eigenvalue weighted by molar-refractivity contribution is -0.117. The minimum atomic E-state index is -0.176. The molecule has 1 aromatic carbocycles. The first-order valence-electron chi connectivity index (χ1n) is 5.31. The van der Waals surface area contributed by atoms with Crippen LogP contribution >= 0.6 is 0 Å². The van der Waals surface area contributed by atoms with Crippen LogP contribution in [0.25, 0.3) is 0 Å².